The Morgan fingerprint density at radius 2 is 0.906 bits per heavy atom. The normalized spacial score (nSPS) is 49.2. The maximum atomic E-state index is 13.9. The van der Waals surface area contributed by atoms with Crippen molar-refractivity contribution >= 4 is 11.8 Å². The minimum absolute atomic E-state index is 0.0449. The molecule has 176 valence electrons. The molecule has 1 saturated heterocycles. The van der Waals surface area contributed by atoms with Gasteiger partial charge in [0.2, 0.25) is 11.8 Å². The second-order valence-corrected chi connectivity index (χ2v) is 13.7. The average Bonchev–Trinajstić information content (AvgIpc) is 3.14. The van der Waals surface area contributed by atoms with Crippen LogP contribution in [0.1, 0.15) is 89.9 Å². The van der Waals surface area contributed by atoms with Crippen molar-refractivity contribution in [1.82, 2.24) is 9.80 Å². The Morgan fingerprint density at radius 3 is 1.47 bits per heavy atom. The molecule has 0 N–H and O–H groups in total. The van der Waals surface area contributed by atoms with Crippen molar-refractivity contribution < 1.29 is 9.59 Å². The van der Waals surface area contributed by atoms with Gasteiger partial charge >= 0.3 is 0 Å². The van der Waals surface area contributed by atoms with E-state index in [4.69, 9.17) is 0 Å². The molecule has 9 aliphatic rings. The van der Waals surface area contributed by atoms with E-state index in [0.717, 1.165) is 100 Å². The third-order valence-electron chi connectivity index (χ3n) is 11.5. The first-order chi connectivity index (χ1) is 15.5. The van der Waals surface area contributed by atoms with Crippen LogP contribution in [-0.4, -0.2) is 47.8 Å². The van der Waals surface area contributed by atoms with Crippen molar-refractivity contribution in [3.63, 3.8) is 0 Å². The van der Waals surface area contributed by atoms with E-state index >= 15 is 0 Å². The van der Waals surface area contributed by atoms with Gasteiger partial charge in [-0.2, -0.15) is 0 Å². The Balaban J connectivity index is 1.04. The van der Waals surface area contributed by atoms with Crippen LogP contribution in [0.5, 0.6) is 0 Å². The minimum Gasteiger partial charge on any atom is -0.339 e. The van der Waals surface area contributed by atoms with Crippen LogP contribution in [0.4, 0.5) is 0 Å². The highest BCUT2D eigenvalue weighted by Gasteiger charge is 2.55. The molecule has 8 aliphatic carbocycles. The summed E-state index contributed by atoms with van der Waals surface area (Å²) in [4.78, 5) is 32.1. The quantitative estimate of drug-likeness (QED) is 0.617. The monoisotopic (exact) mass is 438 g/mol. The first-order valence-electron chi connectivity index (χ1n) is 14.1. The summed E-state index contributed by atoms with van der Waals surface area (Å²) in [6.07, 6.45) is 17.9. The summed E-state index contributed by atoms with van der Waals surface area (Å²) >= 11 is 0. The summed E-state index contributed by atoms with van der Waals surface area (Å²) in [5.74, 6) is 5.85. The van der Waals surface area contributed by atoms with Crippen molar-refractivity contribution in [3.05, 3.63) is 0 Å². The Hall–Kier alpha value is -1.06. The SMILES string of the molecule is O=C(N1CCN(C(=O)C23CC4C[C@@H](CC[C@@H](C4)C2)C3)CC1)C12CCC3C[C@H](C[C@H](C3)C1)C2. The van der Waals surface area contributed by atoms with Crippen LogP contribution in [0.25, 0.3) is 0 Å². The molecule has 0 radical (unpaired) electrons. The zero-order valence-electron chi connectivity index (χ0n) is 19.9. The lowest BCUT2D eigenvalue weighted by molar-refractivity contribution is -0.157. The maximum Gasteiger partial charge on any atom is 0.228 e. The summed E-state index contributed by atoms with van der Waals surface area (Å²) in [6, 6.07) is 0. The Labute approximate surface area is 193 Å². The fourth-order valence-electron chi connectivity index (χ4n) is 10.7. The van der Waals surface area contributed by atoms with E-state index in [1.165, 1.54) is 51.4 Å². The van der Waals surface area contributed by atoms with E-state index < -0.39 is 0 Å². The van der Waals surface area contributed by atoms with Crippen LogP contribution >= 0.6 is 0 Å². The highest BCUT2D eigenvalue weighted by atomic mass is 16.2. The van der Waals surface area contributed by atoms with Crippen molar-refractivity contribution in [1.29, 1.82) is 0 Å². The Kier molecular flexibility index (Phi) is 4.58. The van der Waals surface area contributed by atoms with E-state index in [1.54, 1.807) is 0 Å². The van der Waals surface area contributed by atoms with Crippen molar-refractivity contribution in [2.24, 2.45) is 46.3 Å². The first-order valence-corrected chi connectivity index (χ1v) is 14.1. The molecule has 9 rings (SSSR count). The van der Waals surface area contributed by atoms with E-state index in [0.29, 0.717) is 11.8 Å². The highest BCUT2D eigenvalue weighted by Crippen LogP contribution is 2.59. The second-order valence-electron chi connectivity index (χ2n) is 13.7. The fraction of sp³-hybridized carbons (Fsp3) is 0.929. The van der Waals surface area contributed by atoms with E-state index in [1.807, 2.05) is 0 Å². The lowest BCUT2D eigenvalue weighted by Gasteiger charge is -2.50. The van der Waals surface area contributed by atoms with Crippen LogP contribution in [0.2, 0.25) is 0 Å². The van der Waals surface area contributed by atoms with Gasteiger partial charge < -0.3 is 9.80 Å². The molecule has 0 spiro atoms. The Morgan fingerprint density at radius 1 is 0.500 bits per heavy atom. The van der Waals surface area contributed by atoms with Gasteiger partial charge in [0.25, 0.3) is 0 Å². The number of carbonyl (C=O) groups is 2. The lowest BCUT2D eigenvalue weighted by atomic mass is 9.58. The number of nitrogens with zero attached hydrogens (tertiary/aromatic N) is 2. The van der Waals surface area contributed by atoms with Gasteiger partial charge in [-0.05, 0) is 113 Å². The van der Waals surface area contributed by atoms with Gasteiger partial charge in [-0.25, -0.2) is 0 Å². The number of amides is 2. The number of piperazine rings is 1. The largest absolute Gasteiger partial charge is 0.339 e. The molecular formula is C28H42N2O2. The van der Waals surface area contributed by atoms with Crippen LogP contribution < -0.4 is 0 Å². The van der Waals surface area contributed by atoms with Crippen molar-refractivity contribution in [3.8, 4) is 0 Å². The van der Waals surface area contributed by atoms with Gasteiger partial charge in [0, 0.05) is 31.6 Å². The number of fused-ring (bicyclic) bond motifs is 2. The first kappa shape index (κ1) is 20.3. The van der Waals surface area contributed by atoms with Crippen LogP contribution in [-0.2, 0) is 9.59 Å². The van der Waals surface area contributed by atoms with Gasteiger partial charge in [0.1, 0.15) is 0 Å². The molecule has 1 heterocycles. The molecule has 2 amide bonds. The standard InChI is InChI=1S/C28H42N2O2/c31-25(27-4-3-19-9-22(16-27)13-23(10-19)17-27)29-5-7-30(8-6-29)26(32)28-14-20-1-2-21(15-28)12-24(11-20)18-28/h19-24H,1-18H2/t19?,20-,21+,22-,23+,24?,27?,28?. The molecule has 4 unspecified atom stereocenters. The van der Waals surface area contributed by atoms with Gasteiger partial charge in [0.15, 0.2) is 0 Å². The molecule has 1 aliphatic heterocycles. The number of rotatable bonds is 2. The van der Waals surface area contributed by atoms with E-state index in [-0.39, 0.29) is 10.8 Å². The van der Waals surface area contributed by atoms with Gasteiger partial charge in [-0.1, -0.05) is 12.8 Å². The molecule has 4 heteroatoms. The van der Waals surface area contributed by atoms with E-state index in [9.17, 15) is 9.59 Å². The number of carbonyl (C=O) groups excluding carboxylic acids is 2. The summed E-state index contributed by atoms with van der Waals surface area (Å²) in [6.45, 7) is 3.10. The molecule has 0 aromatic carbocycles. The number of hydrogen-bond acceptors (Lipinski definition) is 2. The lowest BCUT2D eigenvalue weighted by Crippen LogP contribution is -2.58. The Bertz CT molecular complexity index is 733. The summed E-state index contributed by atoms with van der Waals surface area (Å²) in [5, 5.41) is 0. The smallest absolute Gasteiger partial charge is 0.228 e. The molecule has 8 atom stereocenters. The molecule has 4 nitrogen and oxygen atoms in total. The molecule has 8 bridgehead atoms. The van der Waals surface area contributed by atoms with Crippen LogP contribution in [0.3, 0.4) is 0 Å². The average molecular weight is 439 g/mol. The fourth-order valence-corrected chi connectivity index (χ4v) is 10.7. The van der Waals surface area contributed by atoms with Crippen LogP contribution in [0.15, 0.2) is 0 Å². The number of hydrogen-bond donors (Lipinski definition) is 0. The third kappa shape index (κ3) is 3.13. The van der Waals surface area contributed by atoms with Crippen molar-refractivity contribution in [2.45, 2.75) is 89.9 Å². The predicted molar refractivity (Wildman–Crippen MR) is 124 cm³/mol. The molecule has 0 aromatic rings. The van der Waals surface area contributed by atoms with Crippen molar-refractivity contribution in [2.75, 3.05) is 26.2 Å². The predicted octanol–water partition coefficient (Wildman–Crippen LogP) is 4.87. The van der Waals surface area contributed by atoms with Crippen LogP contribution in [0, 0.1) is 46.3 Å². The molecule has 0 aromatic heterocycles. The zero-order valence-corrected chi connectivity index (χ0v) is 19.9. The van der Waals surface area contributed by atoms with E-state index in [2.05, 4.69) is 9.80 Å². The molecule has 9 fully saturated rings. The topological polar surface area (TPSA) is 40.6 Å². The summed E-state index contributed by atoms with van der Waals surface area (Å²) in [7, 11) is 0. The van der Waals surface area contributed by atoms with Gasteiger partial charge in [-0.15, -0.1) is 0 Å². The molecular weight excluding hydrogens is 396 g/mol. The molecule has 32 heavy (non-hydrogen) atoms. The maximum absolute atomic E-state index is 13.9. The summed E-state index contributed by atoms with van der Waals surface area (Å²) < 4.78 is 0. The van der Waals surface area contributed by atoms with Gasteiger partial charge in [-0.3, -0.25) is 9.59 Å². The van der Waals surface area contributed by atoms with Gasteiger partial charge in [0.05, 0.1) is 5.41 Å². The zero-order chi connectivity index (χ0) is 21.5. The second kappa shape index (κ2) is 7.22. The summed E-state index contributed by atoms with van der Waals surface area (Å²) in [5.41, 5.74) is -0.0976. The minimum atomic E-state index is -0.0527. The molecule has 8 saturated carbocycles. The highest BCUT2D eigenvalue weighted by molar-refractivity contribution is 5.85. The third-order valence-corrected chi connectivity index (χ3v) is 11.5.